The first-order chi connectivity index (χ1) is 13.2. The molecule has 4 rings (SSSR count). The third-order valence-corrected chi connectivity index (χ3v) is 6.43. The van der Waals surface area contributed by atoms with E-state index in [-0.39, 0.29) is 24.0 Å². The number of thiazole rings is 1. The number of rotatable bonds is 4. The molecule has 1 unspecified atom stereocenters. The normalized spacial score (nSPS) is 19.1. The van der Waals surface area contributed by atoms with Crippen LogP contribution in [0.3, 0.4) is 0 Å². The van der Waals surface area contributed by atoms with E-state index in [4.69, 9.17) is 10.7 Å². The van der Waals surface area contributed by atoms with Gasteiger partial charge in [0.15, 0.2) is 11.1 Å². The van der Waals surface area contributed by atoms with Crippen molar-refractivity contribution >= 4 is 46.4 Å². The van der Waals surface area contributed by atoms with Gasteiger partial charge in [0.25, 0.3) is 0 Å². The molecule has 0 spiro atoms. The van der Waals surface area contributed by atoms with E-state index < -0.39 is 0 Å². The van der Waals surface area contributed by atoms with Crippen LogP contribution in [-0.2, 0) is 13.0 Å². The Labute approximate surface area is 188 Å². The third-order valence-electron chi connectivity index (χ3n) is 5.59. The van der Waals surface area contributed by atoms with Crippen molar-refractivity contribution in [2.75, 3.05) is 44.2 Å². The Morgan fingerprint density at radius 3 is 2.64 bits per heavy atom. The van der Waals surface area contributed by atoms with Gasteiger partial charge in [-0.1, -0.05) is 24.3 Å². The van der Waals surface area contributed by atoms with Crippen molar-refractivity contribution in [1.82, 2.24) is 14.8 Å². The molecule has 3 heterocycles. The summed E-state index contributed by atoms with van der Waals surface area (Å²) in [7, 11) is 0. The van der Waals surface area contributed by atoms with Crippen LogP contribution in [0.25, 0.3) is 0 Å². The van der Waals surface area contributed by atoms with E-state index in [1.54, 1.807) is 11.3 Å². The van der Waals surface area contributed by atoms with Gasteiger partial charge in [-0.2, -0.15) is 0 Å². The van der Waals surface area contributed by atoms with E-state index in [1.807, 2.05) is 11.6 Å². The van der Waals surface area contributed by atoms with Crippen LogP contribution < -0.4 is 10.6 Å². The Morgan fingerprint density at radius 2 is 1.93 bits per heavy atom. The van der Waals surface area contributed by atoms with Gasteiger partial charge in [0.1, 0.15) is 0 Å². The Morgan fingerprint density at radius 1 is 1.18 bits per heavy atom. The molecule has 0 saturated carbocycles. The molecule has 2 aromatic rings. The Balaban J connectivity index is 0.00000225. The predicted molar refractivity (Wildman–Crippen MR) is 128 cm³/mol. The van der Waals surface area contributed by atoms with E-state index in [0.717, 1.165) is 57.4 Å². The number of nitrogens with two attached hydrogens (primary N) is 1. The molecule has 152 valence electrons. The summed E-state index contributed by atoms with van der Waals surface area (Å²) in [6.45, 7) is 8.82. The summed E-state index contributed by atoms with van der Waals surface area (Å²) in [6, 6.07) is 9.16. The molecular weight excluding hydrogens is 483 g/mol. The highest BCUT2D eigenvalue weighted by molar-refractivity contribution is 14.0. The molecule has 2 N–H and O–H groups in total. The molecule has 1 aromatic heterocycles. The van der Waals surface area contributed by atoms with E-state index in [9.17, 15) is 0 Å². The molecule has 1 aromatic carbocycles. The number of piperazine rings is 1. The fraction of sp³-hybridized carbons (Fsp3) is 0.500. The van der Waals surface area contributed by atoms with Gasteiger partial charge in [-0.15, -0.1) is 35.3 Å². The number of aliphatic imine (C=N–C) groups is 1. The summed E-state index contributed by atoms with van der Waals surface area (Å²) < 4.78 is 0. The number of benzene rings is 1. The third kappa shape index (κ3) is 4.96. The smallest absolute Gasteiger partial charge is 0.191 e. The van der Waals surface area contributed by atoms with Crippen molar-refractivity contribution < 1.29 is 0 Å². The summed E-state index contributed by atoms with van der Waals surface area (Å²) in [5.74, 6) is 0.679. The average molecular weight is 512 g/mol. The molecular formula is C20H29IN6S. The maximum Gasteiger partial charge on any atom is 0.191 e. The van der Waals surface area contributed by atoms with Gasteiger partial charge in [-0.05, 0) is 24.5 Å². The minimum absolute atomic E-state index is 0. The van der Waals surface area contributed by atoms with E-state index in [1.165, 1.54) is 11.1 Å². The molecule has 1 atom stereocenters. The van der Waals surface area contributed by atoms with Crippen LogP contribution >= 0.6 is 35.3 Å². The summed E-state index contributed by atoms with van der Waals surface area (Å²) in [4.78, 5) is 16.1. The second-order valence-corrected chi connectivity index (χ2v) is 8.20. The molecule has 2 aliphatic heterocycles. The predicted octanol–water partition coefficient (Wildman–Crippen LogP) is 2.64. The van der Waals surface area contributed by atoms with Gasteiger partial charge < -0.3 is 15.5 Å². The first-order valence-electron chi connectivity index (χ1n) is 9.71. The summed E-state index contributed by atoms with van der Waals surface area (Å²) in [5, 5.41) is 3.13. The SMILES string of the molecule is CC(CN=C(N)N1CCN(c2nccs2)CC1)N1CCc2ccccc2C1.I. The molecule has 0 bridgehead atoms. The van der Waals surface area contributed by atoms with Crippen LogP contribution in [0.15, 0.2) is 40.8 Å². The molecule has 0 aliphatic carbocycles. The number of hydrogen-bond acceptors (Lipinski definition) is 5. The van der Waals surface area contributed by atoms with Crippen molar-refractivity contribution in [2.24, 2.45) is 10.7 Å². The van der Waals surface area contributed by atoms with Crippen molar-refractivity contribution in [1.29, 1.82) is 0 Å². The van der Waals surface area contributed by atoms with E-state index in [2.05, 4.69) is 50.9 Å². The molecule has 6 nitrogen and oxygen atoms in total. The number of halogens is 1. The lowest BCUT2D eigenvalue weighted by atomic mass is 9.99. The minimum Gasteiger partial charge on any atom is -0.370 e. The number of aromatic nitrogens is 1. The zero-order chi connectivity index (χ0) is 18.6. The summed E-state index contributed by atoms with van der Waals surface area (Å²) >= 11 is 1.69. The van der Waals surface area contributed by atoms with Crippen molar-refractivity contribution in [3.05, 3.63) is 47.0 Å². The molecule has 0 radical (unpaired) electrons. The monoisotopic (exact) mass is 512 g/mol. The maximum atomic E-state index is 6.29. The Hall–Kier alpha value is -1.39. The van der Waals surface area contributed by atoms with Crippen molar-refractivity contribution in [2.45, 2.75) is 25.9 Å². The number of anilines is 1. The van der Waals surface area contributed by atoms with Gasteiger partial charge in [-0.25, -0.2) is 4.98 Å². The highest BCUT2D eigenvalue weighted by Gasteiger charge is 2.22. The fourth-order valence-corrected chi connectivity index (χ4v) is 4.53. The number of guanidine groups is 1. The lowest BCUT2D eigenvalue weighted by molar-refractivity contribution is 0.195. The van der Waals surface area contributed by atoms with E-state index >= 15 is 0 Å². The van der Waals surface area contributed by atoms with Crippen LogP contribution in [0.4, 0.5) is 5.13 Å². The zero-order valence-corrected chi connectivity index (χ0v) is 19.5. The largest absolute Gasteiger partial charge is 0.370 e. The topological polar surface area (TPSA) is 61.0 Å². The van der Waals surface area contributed by atoms with Crippen molar-refractivity contribution in [3.63, 3.8) is 0 Å². The molecule has 1 fully saturated rings. The summed E-state index contributed by atoms with van der Waals surface area (Å²) in [5.41, 5.74) is 9.23. The van der Waals surface area contributed by atoms with Crippen LogP contribution in [0.2, 0.25) is 0 Å². The van der Waals surface area contributed by atoms with Crippen LogP contribution in [0.1, 0.15) is 18.1 Å². The van der Waals surface area contributed by atoms with E-state index in [0.29, 0.717) is 12.0 Å². The molecule has 1 saturated heterocycles. The molecule has 28 heavy (non-hydrogen) atoms. The van der Waals surface area contributed by atoms with Gasteiger partial charge in [0.2, 0.25) is 0 Å². The maximum absolute atomic E-state index is 6.29. The highest BCUT2D eigenvalue weighted by Crippen LogP contribution is 2.21. The molecule has 0 amide bonds. The quantitative estimate of drug-likeness (QED) is 0.388. The standard InChI is InChI=1S/C20H28N6S.HI/c1-16(26-8-6-17-4-2-3-5-18(17)15-26)14-23-19(21)24-9-11-25(12-10-24)20-22-7-13-27-20;/h2-5,7,13,16H,6,8-12,14-15H2,1H3,(H2,21,23);1H. The van der Waals surface area contributed by atoms with Gasteiger partial charge in [-0.3, -0.25) is 9.89 Å². The number of fused-ring (bicyclic) bond motifs is 1. The first kappa shape index (κ1) is 21.3. The molecule has 8 heteroatoms. The van der Waals surface area contributed by atoms with Crippen LogP contribution in [-0.4, -0.2) is 66.1 Å². The fourth-order valence-electron chi connectivity index (χ4n) is 3.83. The van der Waals surface area contributed by atoms with Gasteiger partial charge in [0.05, 0.1) is 6.54 Å². The lowest BCUT2D eigenvalue weighted by Crippen LogP contribution is -2.51. The minimum atomic E-state index is 0. The summed E-state index contributed by atoms with van der Waals surface area (Å²) in [6.07, 6.45) is 2.99. The number of nitrogens with zero attached hydrogens (tertiary/aromatic N) is 5. The lowest BCUT2D eigenvalue weighted by Gasteiger charge is -2.36. The molecule has 2 aliphatic rings. The average Bonchev–Trinajstić information content (AvgIpc) is 3.26. The number of hydrogen-bond donors (Lipinski definition) is 1. The van der Waals surface area contributed by atoms with Crippen molar-refractivity contribution in [3.8, 4) is 0 Å². The van der Waals surface area contributed by atoms with Crippen LogP contribution in [0.5, 0.6) is 0 Å². The van der Waals surface area contributed by atoms with Gasteiger partial charge >= 0.3 is 0 Å². The second-order valence-electron chi connectivity index (χ2n) is 7.33. The Bertz CT molecular complexity index is 773. The Kier molecular flexibility index (Phi) is 7.53. The van der Waals surface area contributed by atoms with Gasteiger partial charge in [0, 0.05) is 56.9 Å². The first-order valence-corrected chi connectivity index (χ1v) is 10.6. The second kappa shape index (κ2) is 9.89. The van der Waals surface area contributed by atoms with Crippen LogP contribution in [0, 0.1) is 0 Å². The zero-order valence-electron chi connectivity index (χ0n) is 16.3. The highest BCUT2D eigenvalue weighted by atomic mass is 127.